The maximum absolute atomic E-state index is 13.3. The van der Waals surface area contributed by atoms with Gasteiger partial charge in [0.05, 0.1) is 4.47 Å². The van der Waals surface area contributed by atoms with Crippen LogP contribution in [0.3, 0.4) is 0 Å². The summed E-state index contributed by atoms with van der Waals surface area (Å²) in [6, 6.07) is 5.21. The van der Waals surface area contributed by atoms with Crippen LogP contribution in [0.4, 0.5) is 4.39 Å². The van der Waals surface area contributed by atoms with Crippen molar-refractivity contribution in [1.82, 2.24) is 5.32 Å². The van der Waals surface area contributed by atoms with Crippen molar-refractivity contribution in [2.75, 3.05) is 0 Å². The molecule has 2 aromatic rings. The molecule has 1 aromatic carbocycles. The van der Waals surface area contributed by atoms with Gasteiger partial charge in [0.2, 0.25) is 0 Å². The molecular weight excluding hydrogens is 301 g/mol. The second-order valence-corrected chi connectivity index (χ2v) is 5.53. The number of nitrogens with one attached hydrogen (secondary N) is 1. The second-order valence-electron chi connectivity index (χ2n) is 3.93. The third kappa shape index (κ3) is 3.37. The molecular formula is C13H13BrFNS. The normalized spacial score (nSPS) is 10.8. The van der Waals surface area contributed by atoms with Gasteiger partial charge < -0.3 is 5.32 Å². The Morgan fingerprint density at radius 2 is 2.12 bits per heavy atom. The van der Waals surface area contributed by atoms with Crippen molar-refractivity contribution in [2.24, 2.45) is 0 Å². The SMILES string of the molecule is Cc1cscc1CNCc1ccc(Br)c(F)c1. The third-order valence-electron chi connectivity index (χ3n) is 2.59. The molecule has 0 radical (unpaired) electrons. The van der Waals surface area contributed by atoms with Crippen molar-refractivity contribution in [1.29, 1.82) is 0 Å². The minimum absolute atomic E-state index is 0.212. The number of benzene rings is 1. The van der Waals surface area contributed by atoms with Crippen LogP contribution in [0.25, 0.3) is 0 Å². The first kappa shape index (κ1) is 12.7. The summed E-state index contributed by atoms with van der Waals surface area (Å²) in [6.07, 6.45) is 0. The highest BCUT2D eigenvalue weighted by Gasteiger charge is 2.02. The van der Waals surface area contributed by atoms with Crippen molar-refractivity contribution < 1.29 is 4.39 Å². The highest BCUT2D eigenvalue weighted by Crippen LogP contribution is 2.17. The minimum atomic E-state index is -0.212. The Balaban J connectivity index is 1.90. The molecule has 0 spiro atoms. The zero-order valence-corrected chi connectivity index (χ0v) is 11.9. The molecule has 1 aromatic heterocycles. The lowest BCUT2D eigenvalue weighted by molar-refractivity contribution is 0.614. The van der Waals surface area contributed by atoms with Gasteiger partial charge in [0.15, 0.2) is 0 Å². The fraction of sp³-hybridized carbons (Fsp3) is 0.231. The van der Waals surface area contributed by atoms with Crippen molar-refractivity contribution in [2.45, 2.75) is 20.0 Å². The van der Waals surface area contributed by atoms with E-state index in [-0.39, 0.29) is 5.82 Å². The number of rotatable bonds is 4. The quantitative estimate of drug-likeness (QED) is 0.890. The molecule has 0 amide bonds. The van der Waals surface area contributed by atoms with Crippen molar-refractivity contribution in [3.63, 3.8) is 0 Å². The molecule has 2 rings (SSSR count). The Morgan fingerprint density at radius 3 is 2.76 bits per heavy atom. The highest BCUT2D eigenvalue weighted by atomic mass is 79.9. The van der Waals surface area contributed by atoms with Gasteiger partial charge in [0, 0.05) is 13.1 Å². The summed E-state index contributed by atoms with van der Waals surface area (Å²) in [5.41, 5.74) is 3.58. The van der Waals surface area contributed by atoms with Crippen LogP contribution in [0.5, 0.6) is 0 Å². The van der Waals surface area contributed by atoms with Crippen molar-refractivity contribution in [3.8, 4) is 0 Å². The smallest absolute Gasteiger partial charge is 0.137 e. The summed E-state index contributed by atoms with van der Waals surface area (Å²) in [5.74, 6) is -0.212. The standard InChI is InChI=1S/C13H13BrFNS/c1-9-7-17-8-11(9)6-16-5-10-2-3-12(14)13(15)4-10/h2-4,7-8,16H,5-6H2,1H3. The molecule has 90 valence electrons. The van der Waals surface area contributed by atoms with Crippen molar-refractivity contribution in [3.05, 3.63) is 55.9 Å². The van der Waals surface area contributed by atoms with E-state index >= 15 is 0 Å². The lowest BCUT2D eigenvalue weighted by atomic mass is 10.2. The highest BCUT2D eigenvalue weighted by molar-refractivity contribution is 9.10. The van der Waals surface area contributed by atoms with E-state index in [1.807, 2.05) is 6.07 Å². The fourth-order valence-corrected chi connectivity index (χ4v) is 2.66. The van der Waals surface area contributed by atoms with Gasteiger partial charge in [-0.2, -0.15) is 11.3 Å². The molecule has 1 heterocycles. The summed E-state index contributed by atoms with van der Waals surface area (Å²) in [7, 11) is 0. The van der Waals surface area contributed by atoms with E-state index < -0.39 is 0 Å². The van der Waals surface area contributed by atoms with Crippen LogP contribution in [0.15, 0.2) is 33.4 Å². The minimum Gasteiger partial charge on any atom is -0.309 e. The summed E-state index contributed by atoms with van der Waals surface area (Å²) in [4.78, 5) is 0. The fourth-order valence-electron chi connectivity index (χ4n) is 1.56. The third-order valence-corrected chi connectivity index (χ3v) is 4.14. The molecule has 0 aliphatic heterocycles. The molecule has 1 nitrogen and oxygen atoms in total. The maximum Gasteiger partial charge on any atom is 0.137 e. The van der Waals surface area contributed by atoms with Gasteiger partial charge in [-0.15, -0.1) is 0 Å². The maximum atomic E-state index is 13.3. The summed E-state index contributed by atoms with van der Waals surface area (Å²) in [5, 5.41) is 7.59. The van der Waals surface area contributed by atoms with Crippen LogP contribution in [0.2, 0.25) is 0 Å². The monoisotopic (exact) mass is 313 g/mol. The van der Waals surface area contributed by atoms with E-state index in [4.69, 9.17) is 0 Å². The Morgan fingerprint density at radius 1 is 1.29 bits per heavy atom. The van der Waals surface area contributed by atoms with Crippen LogP contribution >= 0.6 is 27.3 Å². The van der Waals surface area contributed by atoms with Crippen LogP contribution in [-0.4, -0.2) is 0 Å². The molecule has 0 fully saturated rings. The number of hydrogen-bond acceptors (Lipinski definition) is 2. The first-order chi connectivity index (χ1) is 8.16. The Bertz CT molecular complexity index is 510. The van der Waals surface area contributed by atoms with Gasteiger partial charge >= 0.3 is 0 Å². The van der Waals surface area contributed by atoms with Gasteiger partial charge in [-0.25, -0.2) is 4.39 Å². The Hall–Kier alpha value is -0.710. The van der Waals surface area contributed by atoms with Gasteiger partial charge in [0.25, 0.3) is 0 Å². The predicted octanol–water partition coefficient (Wildman–Crippen LogP) is 4.25. The molecule has 17 heavy (non-hydrogen) atoms. The summed E-state index contributed by atoms with van der Waals surface area (Å²) < 4.78 is 13.8. The Labute approximate surface area is 113 Å². The molecule has 1 N–H and O–H groups in total. The van der Waals surface area contributed by atoms with Gasteiger partial charge in [-0.05, 0) is 62.4 Å². The van der Waals surface area contributed by atoms with Gasteiger partial charge in [-0.1, -0.05) is 6.07 Å². The van der Waals surface area contributed by atoms with Crippen LogP contribution in [0.1, 0.15) is 16.7 Å². The lowest BCUT2D eigenvalue weighted by Crippen LogP contribution is -2.12. The van der Waals surface area contributed by atoms with E-state index in [9.17, 15) is 4.39 Å². The molecule has 0 atom stereocenters. The molecule has 0 aliphatic rings. The number of hydrogen-bond donors (Lipinski definition) is 1. The van der Waals surface area contributed by atoms with Crippen LogP contribution < -0.4 is 5.32 Å². The van der Waals surface area contributed by atoms with Crippen LogP contribution in [-0.2, 0) is 13.1 Å². The zero-order chi connectivity index (χ0) is 12.3. The molecule has 0 unspecified atom stereocenters. The van der Waals surface area contributed by atoms with Crippen LogP contribution in [0, 0.1) is 12.7 Å². The topological polar surface area (TPSA) is 12.0 Å². The molecule has 0 saturated carbocycles. The zero-order valence-electron chi connectivity index (χ0n) is 9.47. The largest absolute Gasteiger partial charge is 0.309 e. The number of aryl methyl sites for hydroxylation is 1. The first-order valence-corrected chi connectivity index (χ1v) is 7.06. The van der Waals surface area contributed by atoms with E-state index in [0.717, 1.165) is 12.1 Å². The molecule has 0 saturated heterocycles. The van der Waals surface area contributed by atoms with Crippen molar-refractivity contribution >= 4 is 27.3 Å². The van der Waals surface area contributed by atoms with E-state index in [2.05, 4.69) is 38.9 Å². The second kappa shape index (κ2) is 5.76. The number of thiophene rings is 1. The predicted molar refractivity (Wildman–Crippen MR) is 73.7 cm³/mol. The summed E-state index contributed by atoms with van der Waals surface area (Å²) in [6.45, 7) is 3.61. The average Bonchev–Trinajstić information content (AvgIpc) is 2.70. The molecule has 0 bridgehead atoms. The molecule has 4 heteroatoms. The average molecular weight is 314 g/mol. The van der Waals surface area contributed by atoms with E-state index in [0.29, 0.717) is 11.0 Å². The first-order valence-electron chi connectivity index (χ1n) is 5.33. The molecule has 0 aliphatic carbocycles. The lowest BCUT2D eigenvalue weighted by Gasteiger charge is -2.05. The van der Waals surface area contributed by atoms with Gasteiger partial charge in [0.1, 0.15) is 5.82 Å². The van der Waals surface area contributed by atoms with Gasteiger partial charge in [-0.3, -0.25) is 0 Å². The summed E-state index contributed by atoms with van der Waals surface area (Å²) >= 11 is 4.86. The number of halogens is 2. The van der Waals surface area contributed by atoms with E-state index in [1.165, 1.54) is 11.1 Å². The van der Waals surface area contributed by atoms with E-state index in [1.54, 1.807) is 23.5 Å². The Kier molecular flexibility index (Phi) is 4.31.